The van der Waals surface area contributed by atoms with Gasteiger partial charge in [0, 0.05) is 5.75 Å². The summed E-state index contributed by atoms with van der Waals surface area (Å²) in [6.45, 7) is 2.06. The highest BCUT2D eigenvalue weighted by Gasteiger charge is 2.17. The first-order chi connectivity index (χ1) is 13.2. The number of nitrogens with zero attached hydrogens (tertiary/aromatic N) is 2. The van der Waals surface area contributed by atoms with Crippen LogP contribution in [0.2, 0.25) is 0 Å². The van der Waals surface area contributed by atoms with Crippen LogP contribution >= 0.6 is 11.8 Å². The van der Waals surface area contributed by atoms with E-state index in [1.165, 1.54) is 5.56 Å². The monoisotopic (exact) mass is 372 g/mol. The number of hydrogen-bond donors (Lipinski definition) is 0. The molecule has 0 unspecified atom stereocenters. The topological polar surface area (TPSA) is 34.9 Å². The number of hydrogen-bond acceptors (Lipinski definition) is 3. The minimum absolute atomic E-state index is 0.00696. The molecule has 0 aliphatic rings. The second kappa shape index (κ2) is 7.80. The van der Waals surface area contributed by atoms with Crippen molar-refractivity contribution < 1.29 is 0 Å². The number of thioether (sulfide) groups is 1. The SMILES string of the molecule is C[C@H](c1ccccc1)n1c(SCc2ccccc2)nc2ccccc2c1=O. The van der Waals surface area contributed by atoms with Gasteiger partial charge in [-0.1, -0.05) is 84.6 Å². The summed E-state index contributed by atoms with van der Waals surface area (Å²) in [7, 11) is 0. The van der Waals surface area contributed by atoms with Crippen molar-refractivity contribution in [1.29, 1.82) is 0 Å². The van der Waals surface area contributed by atoms with Crippen LogP contribution in [0.15, 0.2) is 94.9 Å². The van der Waals surface area contributed by atoms with E-state index >= 15 is 0 Å². The van der Waals surface area contributed by atoms with Gasteiger partial charge in [0.15, 0.2) is 5.16 Å². The average Bonchev–Trinajstić information content (AvgIpc) is 2.73. The summed E-state index contributed by atoms with van der Waals surface area (Å²) in [5, 5.41) is 1.41. The van der Waals surface area contributed by atoms with Crippen molar-refractivity contribution in [2.45, 2.75) is 23.9 Å². The lowest BCUT2D eigenvalue weighted by Gasteiger charge is -2.20. The number of para-hydroxylation sites is 1. The first kappa shape index (κ1) is 17.6. The summed E-state index contributed by atoms with van der Waals surface area (Å²) in [5.41, 5.74) is 3.06. The Kier molecular flexibility index (Phi) is 5.07. The van der Waals surface area contributed by atoms with E-state index in [9.17, 15) is 4.79 Å². The lowest BCUT2D eigenvalue weighted by atomic mass is 10.1. The molecule has 0 amide bonds. The molecular weight excluding hydrogens is 352 g/mol. The van der Waals surface area contributed by atoms with Gasteiger partial charge >= 0.3 is 0 Å². The van der Waals surface area contributed by atoms with E-state index in [2.05, 4.69) is 31.2 Å². The molecule has 134 valence electrons. The maximum Gasteiger partial charge on any atom is 0.262 e. The Morgan fingerprint density at radius 3 is 2.26 bits per heavy atom. The number of aromatic nitrogens is 2. The summed E-state index contributed by atoms with van der Waals surface area (Å²) < 4.78 is 1.82. The third-order valence-electron chi connectivity index (χ3n) is 4.66. The van der Waals surface area contributed by atoms with Crippen molar-refractivity contribution in [2.24, 2.45) is 0 Å². The number of benzene rings is 3. The van der Waals surface area contributed by atoms with Gasteiger partial charge in [0.05, 0.1) is 16.9 Å². The molecule has 0 saturated carbocycles. The van der Waals surface area contributed by atoms with Gasteiger partial charge < -0.3 is 0 Å². The molecule has 4 rings (SSSR count). The molecule has 0 aliphatic heterocycles. The summed E-state index contributed by atoms with van der Waals surface area (Å²) in [6, 6.07) is 27.8. The summed E-state index contributed by atoms with van der Waals surface area (Å²) >= 11 is 1.60. The molecule has 1 heterocycles. The Labute approximate surface area is 162 Å². The van der Waals surface area contributed by atoms with Crippen molar-refractivity contribution in [1.82, 2.24) is 9.55 Å². The molecule has 3 aromatic carbocycles. The normalized spacial score (nSPS) is 12.2. The molecule has 0 N–H and O–H groups in total. The molecule has 1 atom stereocenters. The molecular formula is C23H20N2OS. The van der Waals surface area contributed by atoms with E-state index < -0.39 is 0 Å². The summed E-state index contributed by atoms with van der Waals surface area (Å²) in [6.07, 6.45) is 0. The van der Waals surface area contributed by atoms with Gasteiger partial charge in [0.2, 0.25) is 0 Å². The van der Waals surface area contributed by atoms with E-state index in [4.69, 9.17) is 4.98 Å². The average molecular weight is 372 g/mol. The van der Waals surface area contributed by atoms with Gasteiger partial charge in [-0.2, -0.15) is 0 Å². The molecule has 0 radical (unpaired) electrons. The smallest absolute Gasteiger partial charge is 0.262 e. The second-order valence-corrected chi connectivity index (χ2v) is 7.39. The van der Waals surface area contributed by atoms with Crippen molar-refractivity contribution >= 4 is 22.7 Å². The van der Waals surface area contributed by atoms with Gasteiger partial charge in [-0.15, -0.1) is 0 Å². The zero-order valence-corrected chi connectivity index (χ0v) is 15.9. The quantitative estimate of drug-likeness (QED) is 0.352. The molecule has 4 heteroatoms. The molecule has 3 nitrogen and oxygen atoms in total. The standard InChI is InChI=1S/C23H20N2OS/c1-17(19-12-6-3-7-13-19)25-22(26)20-14-8-9-15-21(20)24-23(25)27-16-18-10-4-2-5-11-18/h2-15,17H,16H2,1H3/t17-/m1/s1. The Hall–Kier alpha value is -2.85. The van der Waals surface area contributed by atoms with E-state index in [1.54, 1.807) is 11.8 Å². The molecule has 1 aromatic heterocycles. The second-order valence-electron chi connectivity index (χ2n) is 6.45. The fraction of sp³-hybridized carbons (Fsp3) is 0.130. The minimum Gasteiger partial charge on any atom is -0.280 e. The van der Waals surface area contributed by atoms with Crippen molar-refractivity contribution in [3.8, 4) is 0 Å². The lowest BCUT2D eigenvalue weighted by molar-refractivity contribution is 0.548. The van der Waals surface area contributed by atoms with Crippen molar-refractivity contribution in [3.63, 3.8) is 0 Å². The molecule has 0 bridgehead atoms. The number of fused-ring (bicyclic) bond motifs is 1. The van der Waals surface area contributed by atoms with Crippen LogP contribution in [0, 0.1) is 0 Å². The Morgan fingerprint density at radius 2 is 1.52 bits per heavy atom. The van der Waals surface area contributed by atoms with Gasteiger partial charge in [-0.05, 0) is 30.2 Å². The first-order valence-electron chi connectivity index (χ1n) is 8.97. The molecule has 0 aliphatic carbocycles. The molecule has 0 spiro atoms. The van der Waals surface area contributed by atoms with Gasteiger partial charge in [0.1, 0.15) is 0 Å². The lowest BCUT2D eigenvalue weighted by Crippen LogP contribution is -2.27. The van der Waals surface area contributed by atoms with Crippen LogP contribution < -0.4 is 5.56 Å². The fourth-order valence-electron chi connectivity index (χ4n) is 3.17. The summed E-state index contributed by atoms with van der Waals surface area (Å²) in [4.78, 5) is 18.1. The predicted octanol–water partition coefficient (Wildman–Crippen LogP) is 5.30. The van der Waals surface area contributed by atoms with Gasteiger partial charge in [-0.25, -0.2) is 4.98 Å². The van der Waals surface area contributed by atoms with Gasteiger partial charge in [0.25, 0.3) is 5.56 Å². The van der Waals surface area contributed by atoms with Crippen LogP contribution in [0.4, 0.5) is 0 Å². The van der Waals surface area contributed by atoms with Crippen LogP contribution in [0.3, 0.4) is 0 Å². The van der Waals surface area contributed by atoms with E-state index in [-0.39, 0.29) is 11.6 Å². The third-order valence-corrected chi connectivity index (χ3v) is 5.68. The largest absolute Gasteiger partial charge is 0.280 e. The predicted molar refractivity (Wildman–Crippen MR) is 112 cm³/mol. The van der Waals surface area contributed by atoms with Crippen molar-refractivity contribution in [3.05, 3.63) is 106 Å². The molecule has 0 saturated heterocycles. The zero-order valence-electron chi connectivity index (χ0n) is 15.1. The maximum absolute atomic E-state index is 13.3. The van der Waals surface area contributed by atoms with E-state index in [0.29, 0.717) is 5.39 Å². The van der Waals surface area contributed by atoms with Crippen LogP contribution in [-0.2, 0) is 5.75 Å². The third kappa shape index (κ3) is 3.67. The van der Waals surface area contributed by atoms with E-state index in [1.807, 2.05) is 65.2 Å². The minimum atomic E-state index is -0.0888. The highest BCUT2D eigenvalue weighted by molar-refractivity contribution is 7.98. The zero-order chi connectivity index (χ0) is 18.6. The molecule has 27 heavy (non-hydrogen) atoms. The molecule has 0 fully saturated rings. The van der Waals surface area contributed by atoms with Crippen LogP contribution in [0.25, 0.3) is 10.9 Å². The fourth-order valence-corrected chi connectivity index (χ4v) is 4.20. The van der Waals surface area contributed by atoms with E-state index in [0.717, 1.165) is 22.0 Å². The maximum atomic E-state index is 13.3. The Bertz CT molecular complexity index is 1110. The van der Waals surface area contributed by atoms with Crippen LogP contribution in [0.1, 0.15) is 24.1 Å². The van der Waals surface area contributed by atoms with Gasteiger partial charge in [-0.3, -0.25) is 9.36 Å². The highest BCUT2D eigenvalue weighted by atomic mass is 32.2. The van der Waals surface area contributed by atoms with Crippen LogP contribution in [0.5, 0.6) is 0 Å². The summed E-state index contributed by atoms with van der Waals surface area (Å²) in [5.74, 6) is 0.771. The van der Waals surface area contributed by atoms with Crippen molar-refractivity contribution in [2.75, 3.05) is 0 Å². The number of rotatable bonds is 5. The highest BCUT2D eigenvalue weighted by Crippen LogP contribution is 2.27. The Balaban J connectivity index is 1.81. The van der Waals surface area contributed by atoms with Crippen LogP contribution in [-0.4, -0.2) is 9.55 Å². The molecule has 4 aromatic rings. The Morgan fingerprint density at radius 1 is 0.889 bits per heavy atom. The first-order valence-corrected chi connectivity index (χ1v) is 9.95.